The van der Waals surface area contributed by atoms with E-state index in [4.69, 9.17) is 8.83 Å². The van der Waals surface area contributed by atoms with Crippen LogP contribution in [0.2, 0.25) is 0 Å². The van der Waals surface area contributed by atoms with Crippen molar-refractivity contribution >= 4 is 17.0 Å². The molecule has 0 aliphatic heterocycles. The number of nitrogens with one attached hydrogen (secondary N) is 1. The van der Waals surface area contributed by atoms with Gasteiger partial charge >= 0.3 is 5.76 Å². The van der Waals surface area contributed by atoms with Crippen LogP contribution >= 0.6 is 0 Å². The summed E-state index contributed by atoms with van der Waals surface area (Å²) in [6.45, 7) is 0.572. The van der Waals surface area contributed by atoms with Crippen LogP contribution in [-0.4, -0.2) is 32.5 Å². The lowest BCUT2D eigenvalue weighted by Gasteiger charge is -1.98. The number of oxazole rings is 1. The molecular weight excluding hydrogens is 338 g/mol. The lowest BCUT2D eigenvalue weighted by atomic mass is 10.3. The molecule has 0 aliphatic carbocycles. The van der Waals surface area contributed by atoms with Gasteiger partial charge in [-0.15, -0.1) is 5.10 Å². The Bertz CT molecular complexity index is 1130. The number of carbonyl (C=O) groups is 1. The second-order valence-corrected chi connectivity index (χ2v) is 5.67. The molecule has 1 N–H and O–H groups in total. The van der Waals surface area contributed by atoms with Gasteiger partial charge in [-0.1, -0.05) is 17.3 Å². The molecule has 0 bridgehead atoms. The SMILES string of the molecule is CNC(=O)c1ccc(Cn2cc(Cn3c(=O)oc4ccccc43)nn2)o1. The Hall–Kier alpha value is -3.62. The number of amides is 1. The fourth-order valence-corrected chi connectivity index (χ4v) is 2.68. The molecule has 132 valence electrons. The van der Waals surface area contributed by atoms with Crippen LogP contribution in [0.4, 0.5) is 0 Å². The first-order chi connectivity index (χ1) is 12.6. The number of hydrogen-bond donors (Lipinski definition) is 1. The number of furan rings is 1. The first-order valence-corrected chi connectivity index (χ1v) is 7.92. The van der Waals surface area contributed by atoms with E-state index < -0.39 is 5.76 Å². The van der Waals surface area contributed by atoms with E-state index in [9.17, 15) is 9.59 Å². The third kappa shape index (κ3) is 2.90. The number of rotatable bonds is 5. The lowest BCUT2D eigenvalue weighted by Crippen LogP contribution is -2.16. The zero-order chi connectivity index (χ0) is 18.1. The van der Waals surface area contributed by atoms with E-state index in [1.54, 1.807) is 29.1 Å². The first kappa shape index (κ1) is 15.9. The topological polar surface area (TPSA) is 108 Å². The predicted molar refractivity (Wildman–Crippen MR) is 90.8 cm³/mol. The Morgan fingerprint density at radius 1 is 1.15 bits per heavy atom. The molecule has 0 atom stereocenters. The summed E-state index contributed by atoms with van der Waals surface area (Å²) in [4.78, 5) is 23.5. The van der Waals surface area contributed by atoms with Gasteiger partial charge in [0.15, 0.2) is 11.3 Å². The highest BCUT2D eigenvalue weighted by molar-refractivity contribution is 5.91. The third-order valence-electron chi connectivity index (χ3n) is 3.91. The third-order valence-corrected chi connectivity index (χ3v) is 3.91. The van der Waals surface area contributed by atoms with Gasteiger partial charge in [0.2, 0.25) is 0 Å². The Morgan fingerprint density at radius 2 is 2.00 bits per heavy atom. The molecule has 9 nitrogen and oxygen atoms in total. The number of hydrogen-bond acceptors (Lipinski definition) is 6. The zero-order valence-electron chi connectivity index (χ0n) is 13.9. The molecule has 0 aliphatic rings. The molecule has 4 rings (SSSR count). The monoisotopic (exact) mass is 353 g/mol. The highest BCUT2D eigenvalue weighted by Gasteiger charge is 2.13. The van der Waals surface area contributed by atoms with Crippen molar-refractivity contribution in [3.8, 4) is 0 Å². The molecule has 0 radical (unpaired) electrons. The number of benzene rings is 1. The van der Waals surface area contributed by atoms with Crippen molar-refractivity contribution in [3.05, 3.63) is 70.4 Å². The van der Waals surface area contributed by atoms with Crippen LogP contribution in [0.25, 0.3) is 11.1 Å². The summed E-state index contributed by atoms with van der Waals surface area (Å²) in [7, 11) is 1.54. The van der Waals surface area contributed by atoms with E-state index in [-0.39, 0.29) is 18.2 Å². The number of carbonyl (C=O) groups excluding carboxylic acids is 1. The molecule has 0 saturated carbocycles. The van der Waals surface area contributed by atoms with Gasteiger partial charge < -0.3 is 14.2 Å². The second kappa shape index (κ2) is 6.36. The maximum absolute atomic E-state index is 12.0. The van der Waals surface area contributed by atoms with Crippen molar-refractivity contribution < 1.29 is 13.6 Å². The van der Waals surface area contributed by atoms with Crippen molar-refractivity contribution in [2.75, 3.05) is 7.05 Å². The Balaban J connectivity index is 1.53. The minimum atomic E-state index is -0.443. The van der Waals surface area contributed by atoms with E-state index in [1.165, 1.54) is 11.6 Å². The fraction of sp³-hybridized carbons (Fsp3) is 0.176. The van der Waals surface area contributed by atoms with Crippen molar-refractivity contribution in [2.24, 2.45) is 0 Å². The van der Waals surface area contributed by atoms with E-state index in [2.05, 4.69) is 15.6 Å². The minimum absolute atomic E-state index is 0.235. The largest absolute Gasteiger partial charge is 0.454 e. The van der Waals surface area contributed by atoms with Crippen molar-refractivity contribution in [1.29, 1.82) is 0 Å². The van der Waals surface area contributed by atoms with Gasteiger partial charge in [0, 0.05) is 7.05 Å². The summed E-state index contributed by atoms with van der Waals surface area (Å²) in [6.07, 6.45) is 1.72. The van der Waals surface area contributed by atoms with Crippen molar-refractivity contribution in [3.63, 3.8) is 0 Å². The molecule has 0 unspecified atom stereocenters. The second-order valence-electron chi connectivity index (χ2n) is 5.67. The quantitative estimate of drug-likeness (QED) is 0.578. The Morgan fingerprint density at radius 3 is 2.85 bits per heavy atom. The standard InChI is InChI=1S/C17H15N5O4/c1-18-16(23)15-7-6-12(25-15)10-21-8-11(19-20-21)9-22-13-4-2-3-5-14(13)26-17(22)24/h2-8H,9-10H2,1H3,(H,18,23). The minimum Gasteiger partial charge on any atom is -0.454 e. The zero-order valence-corrected chi connectivity index (χ0v) is 13.9. The summed E-state index contributed by atoms with van der Waals surface area (Å²) in [5.74, 6) is 0.0778. The summed E-state index contributed by atoms with van der Waals surface area (Å²) >= 11 is 0. The molecule has 9 heteroatoms. The number of fused-ring (bicyclic) bond motifs is 1. The molecular formula is C17H15N5O4. The van der Waals surface area contributed by atoms with E-state index >= 15 is 0 Å². The number of nitrogens with zero attached hydrogens (tertiary/aromatic N) is 4. The lowest BCUT2D eigenvalue weighted by molar-refractivity contribution is 0.0933. The summed E-state index contributed by atoms with van der Waals surface area (Å²) in [5.41, 5.74) is 1.84. The fourth-order valence-electron chi connectivity index (χ4n) is 2.68. The van der Waals surface area contributed by atoms with Crippen molar-refractivity contribution in [1.82, 2.24) is 24.9 Å². The van der Waals surface area contributed by atoms with Crippen LogP contribution < -0.4 is 11.1 Å². The average Bonchev–Trinajstić information content (AvgIpc) is 3.36. The smallest absolute Gasteiger partial charge is 0.420 e. The van der Waals surface area contributed by atoms with Crippen LogP contribution in [0.15, 0.2) is 56.2 Å². The number of aromatic nitrogens is 4. The van der Waals surface area contributed by atoms with Gasteiger partial charge in [0.1, 0.15) is 18.0 Å². The van der Waals surface area contributed by atoms with Crippen LogP contribution in [0.3, 0.4) is 0 Å². The molecule has 0 spiro atoms. The van der Waals surface area contributed by atoms with Gasteiger partial charge in [-0.25, -0.2) is 9.48 Å². The molecule has 0 fully saturated rings. The Kier molecular flexibility index (Phi) is 3.88. The normalized spacial score (nSPS) is 11.1. The van der Waals surface area contributed by atoms with Crippen molar-refractivity contribution in [2.45, 2.75) is 13.1 Å². The summed E-state index contributed by atoms with van der Waals surface area (Å²) in [6, 6.07) is 10.5. The maximum atomic E-state index is 12.0. The molecule has 0 saturated heterocycles. The van der Waals surface area contributed by atoms with E-state index in [0.717, 1.165) is 0 Å². The highest BCUT2D eigenvalue weighted by Crippen LogP contribution is 2.13. The van der Waals surface area contributed by atoms with Gasteiger partial charge in [-0.3, -0.25) is 9.36 Å². The highest BCUT2D eigenvalue weighted by atomic mass is 16.4. The molecule has 26 heavy (non-hydrogen) atoms. The predicted octanol–water partition coefficient (Wildman–Crippen LogP) is 1.24. The van der Waals surface area contributed by atoms with Gasteiger partial charge in [-0.05, 0) is 24.3 Å². The Labute approximate surface area is 146 Å². The summed E-state index contributed by atoms with van der Waals surface area (Å²) < 4.78 is 13.7. The van der Waals surface area contributed by atoms with Crippen LogP contribution in [0.1, 0.15) is 22.0 Å². The van der Waals surface area contributed by atoms with Gasteiger partial charge in [-0.2, -0.15) is 0 Å². The van der Waals surface area contributed by atoms with Crippen LogP contribution in [0, 0.1) is 0 Å². The van der Waals surface area contributed by atoms with Crippen LogP contribution in [0.5, 0.6) is 0 Å². The molecule has 4 aromatic rings. The van der Waals surface area contributed by atoms with E-state index in [0.29, 0.717) is 29.1 Å². The number of para-hydroxylation sites is 2. The van der Waals surface area contributed by atoms with Gasteiger partial charge in [0.25, 0.3) is 5.91 Å². The van der Waals surface area contributed by atoms with E-state index in [1.807, 2.05) is 18.2 Å². The average molecular weight is 353 g/mol. The molecule has 1 amide bonds. The first-order valence-electron chi connectivity index (χ1n) is 7.92. The molecule has 1 aromatic carbocycles. The maximum Gasteiger partial charge on any atom is 0.420 e. The molecule has 3 heterocycles. The molecule has 3 aromatic heterocycles. The van der Waals surface area contributed by atoms with Crippen LogP contribution in [-0.2, 0) is 13.1 Å². The van der Waals surface area contributed by atoms with Gasteiger partial charge in [0.05, 0.1) is 18.3 Å². The summed E-state index contributed by atoms with van der Waals surface area (Å²) in [5, 5.41) is 10.6.